The van der Waals surface area contributed by atoms with Gasteiger partial charge in [0.1, 0.15) is 0 Å². The van der Waals surface area contributed by atoms with Crippen molar-refractivity contribution in [3.63, 3.8) is 0 Å². The van der Waals surface area contributed by atoms with Gasteiger partial charge in [-0.2, -0.15) is 0 Å². The van der Waals surface area contributed by atoms with Crippen LogP contribution >= 0.6 is 0 Å². The molecule has 1 nitrogen and oxygen atoms in total. The Balaban J connectivity index is 1.64. The molecule has 0 aromatic heterocycles. The first kappa shape index (κ1) is 13.4. The van der Waals surface area contributed by atoms with Crippen LogP contribution in [0.4, 0.5) is 0 Å². The lowest BCUT2D eigenvalue weighted by atomic mass is 9.98. The molecule has 1 aliphatic carbocycles. The highest BCUT2D eigenvalue weighted by Crippen LogP contribution is 2.39. The highest BCUT2D eigenvalue weighted by atomic mass is 15.0. The summed E-state index contributed by atoms with van der Waals surface area (Å²) in [5.41, 5.74) is 4.21. The Kier molecular flexibility index (Phi) is 3.62. The average molecular weight is 265 g/mol. The van der Waals surface area contributed by atoms with E-state index in [0.29, 0.717) is 0 Å². The second-order valence-electron chi connectivity index (χ2n) is 6.41. The number of rotatable bonds is 5. The van der Waals surface area contributed by atoms with E-state index < -0.39 is 0 Å². The van der Waals surface area contributed by atoms with E-state index in [-0.39, 0.29) is 5.54 Å². The summed E-state index contributed by atoms with van der Waals surface area (Å²) < 4.78 is 0. The van der Waals surface area contributed by atoms with Crippen LogP contribution in [0.15, 0.2) is 54.6 Å². The second kappa shape index (κ2) is 5.41. The van der Waals surface area contributed by atoms with Crippen molar-refractivity contribution in [1.82, 2.24) is 5.32 Å². The van der Waals surface area contributed by atoms with E-state index in [0.717, 1.165) is 12.5 Å². The van der Waals surface area contributed by atoms with Crippen LogP contribution in [0.1, 0.15) is 32.3 Å². The van der Waals surface area contributed by atoms with E-state index in [9.17, 15) is 0 Å². The predicted octanol–water partition coefficient (Wildman–Crippen LogP) is 4.63. The minimum atomic E-state index is 0.276. The Morgan fingerprint density at radius 1 is 0.900 bits per heavy atom. The topological polar surface area (TPSA) is 12.0 Å². The van der Waals surface area contributed by atoms with Gasteiger partial charge in [-0.1, -0.05) is 54.6 Å². The van der Waals surface area contributed by atoms with Crippen molar-refractivity contribution in [2.24, 2.45) is 5.92 Å². The SMILES string of the molecule is CC(C)(NCc1ccc(-c2ccccc2)cc1)C1CC1. The molecule has 2 aromatic rings. The molecular formula is C19H23N. The second-order valence-corrected chi connectivity index (χ2v) is 6.41. The third-order valence-electron chi connectivity index (χ3n) is 4.41. The zero-order valence-electron chi connectivity index (χ0n) is 12.4. The Morgan fingerprint density at radius 3 is 2.10 bits per heavy atom. The van der Waals surface area contributed by atoms with Crippen molar-refractivity contribution in [3.05, 3.63) is 60.2 Å². The smallest absolute Gasteiger partial charge is 0.0210 e. The summed E-state index contributed by atoms with van der Waals surface area (Å²) >= 11 is 0. The molecule has 3 rings (SSSR count). The van der Waals surface area contributed by atoms with Gasteiger partial charge < -0.3 is 5.32 Å². The van der Waals surface area contributed by atoms with Crippen LogP contribution in [0.5, 0.6) is 0 Å². The molecule has 1 saturated carbocycles. The van der Waals surface area contributed by atoms with Crippen LogP contribution in [0.3, 0.4) is 0 Å². The number of hydrogen-bond donors (Lipinski definition) is 1. The van der Waals surface area contributed by atoms with Crippen LogP contribution in [0, 0.1) is 5.92 Å². The van der Waals surface area contributed by atoms with Crippen LogP contribution in [0.2, 0.25) is 0 Å². The Bertz CT molecular complexity index is 550. The van der Waals surface area contributed by atoms with Gasteiger partial charge in [-0.05, 0) is 49.3 Å². The standard InChI is InChI=1S/C19H23N/c1-19(2,18-12-13-18)20-14-15-8-10-17(11-9-15)16-6-4-3-5-7-16/h3-11,18,20H,12-14H2,1-2H3. The van der Waals surface area contributed by atoms with Crippen LogP contribution in [0.25, 0.3) is 11.1 Å². The van der Waals surface area contributed by atoms with Crippen molar-refractivity contribution in [3.8, 4) is 11.1 Å². The van der Waals surface area contributed by atoms with Crippen LogP contribution < -0.4 is 5.32 Å². The molecule has 0 bridgehead atoms. The first-order valence-corrected chi connectivity index (χ1v) is 7.54. The van der Waals surface area contributed by atoms with Gasteiger partial charge in [0.15, 0.2) is 0 Å². The van der Waals surface area contributed by atoms with E-state index in [4.69, 9.17) is 0 Å². The molecule has 0 saturated heterocycles. The monoisotopic (exact) mass is 265 g/mol. The molecule has 1 heteroatoms. The summed E-state index contributed by atoms with van der Waals surface area (Å²) in [7, 11) is 0. The van der Waals surface area contributed by atoms with Gasteiger partial charge in [-0.25, -0.2) is 0 Å². The van der Waals surface area contributed by atoms with Crippen molar-refractivity contribution in [2.45, 2.75) is 38.8 Å². The van der Waals surface area contributed by atoms with Gasteiger partial charge in [0.05, 0.1) is 0 Å². The van der Waals surface area contributed by atoms with Crippen molar-refractivity contribution >= 4 is 0 Å². The lowest BCUT2D eigenvalue weighted by Crippen LogP contribution is -2.40. The molecule has 1 fully saturated rings. The minimum absolute atomic E-state index is 0.276. The van der Waals surface area contributed by atoms with Gasteiger partial charge in [-0.3, -0.25) is 0 Å². The predicted molar refractivity (Wildman–Crippen MR) is 85.5 cm³/mol. The molecule has 2 aromatic carbocycles. The first-order chi connectivity index (χ1) is 9.65. The van der Waals surface area contributed by atoms with Gasteiger partial charge in [0.25, 0.3) is 0 Å². The summed E-state index contributed by atoms with van der Waals surface area (Å²) in [5.74, 6) is 0.867. The molecule has 1 aliphatic rings. The Hall–Kier alpha value is -1.60. The maximum absolute atomic E-state index is 3.70. The van der Waals surface area contributed by atoms with Gasteiger partial charge in [0, 0.05) is 12.1 Å². The Labute approximate surface area is 122 Å². The first-order valence-electron chi connectivity index (χ1n) is 7.54. The van der Waals surface area contributed by atoms with E-state index >= 15 is 0 Å². The van der Waals surface area contributed by atoms with Crippen molar-refractivity contribution in [1.29, 1.82) is 0 Å². The van der Waals surface area contributed by atoms with E-state index in [1.165, 1.54) is 29.5 Å². The zero-order valence-corrected chi connectivity index (χ0v) is 12.4. The molecule has 20 heavy (non-hydrogen) atoms. The molecule has 0 radical (unpaired) electrons. The van der Waals surface area contributed by atoms with Crippen LogP contribution in [-0.4, -0.2) is 5.54 Å². The maximum Gasteiger partial charge on any atom is 0.0210 e. The summed E-state index contributed by atoms with van der Waals surface area (Å²) in [5, 5.41) is 3.70. The normalized spacial score (nSPS) is 15.3. The summed E-state index contributed by atoms with van der Waals surface area (Å²) in [6, 6.07) is 19.4. The highest BCUT2D eigenvalue weighted by molar-refractivity contribution is 5.63. The lowest BCUT2D eigenvalue weighted by molar-refractivity contribution is 0.339. The molecule has 0 spiro atoms. The number of hydrogen-bond acceptors (Lipinski definition) is 1. The lowest BCUT2D eigenvalue weighted by Gasteiger charge is -2.26. The van der Waals surface area contributed by atoms with E-state index in [1.807, 2.05) is 0 Å². The minimum Gasteiger partial charge on any atom is -0.307 e. The quantitative estimate of drug-likeness (QED) is 0.831. The molecule has 0 heterocycles. The molecule has 0 amide bonds. The number of nitrogens with one attached hydrogen (secondary N) is 1. The molecule has 0 unspecified atom stereocenters. The zero-order chi connectivity index (χ0) is 14.0. The third kappa shape index (κ3) is 3.10. The van der Waals surface area contributed by atoms with Gasteiger partial charge >= 0.3 is 0 Å². The fraction of sp³-hybridized carbons (Fsp3) is 0.368. The molecule has 0 atom stereocenters. The van der Waals surface area contributed by atoms with Crippen LogP contribution in [-0.2, 0) is 6.54 Å². The largest absolute Gasteiger partial charge is 0.307 e. The third-order valence-corrected chi connectivity index (χ3v) is 4.41. The fourth-order valence-electron chi connectivity index (χ4n) is 2.72. The fourth-order valence-corrected chi connectivity index (χ4v) is 2.72. The van der Waals surface area contributed by atoms with Gasteiger partial charge in [0.2, 0.25) is 0 Å². The van der Waals surface area contributed by atoms with E-state index in [2.05, 4.69) is 73.8 Å². The van der Waals surface area contributed by atoms with Gasteiger partial charge in [-0.15, -0.1) is 0 Å². The average Bonchev–Trinajstić information content (AvgIpc) is 3.32. The maximum atomic E-state index is 3.70. The van der Waals surface area contributed by atoms with Crippen molar-refractivity contribution in [2.75, 3.05) is 0 Å². The van der Waals surface area contributed by atoms with E-state index in [1.54, 1.807) is 0 Å². The summed E-state index contributed by atoms with van der Waals surface area (Å²) in [6.45, 7) is 5.60. The molecule has 104 valence electrons. The highest BCUT2D eigenvalue weighted by Gasteiger charge is 2.36. The Morgan fingerprint density at radius 2 is 1.50 bits per heavy atom. The molecule has 0 aliphatic heterocycles. The number of benzene rings is 2. The van der Waals surface area contributed by atoms with Crippen molar-refractivity contribution < 1.29 is 0 Å². The summed E-state index contributed by atoms with van der Waals surface area (Å²) in [4.78, 5) is 0. The molecular weight excluding hydrogens is 242 g/mol. The summed E-state index contributed by atoms with van der Waals surface area (Å²) in [6.07, 6.45) is 2.76. The molecule has 1 N–H and O–H groups in total.